The Bertz CT molecular complexity index is 1270. The molecule has 0 bridgehead atoms. The molecule has 5 nitrogen and oxygen atoms in total. The van der Waals surface area contributed by atoms with Crippen molar-refractivity contribution in [1.29, 1.82) is 0 Å². The van der Waals surface area contributed by atoms with E-state index in [-0.39, 0.29) is 17.5 Å². The van der Waals surface area contributed by atoms with E-state index in [9.17, 15) is 9.18 Å². The van der Waals surface area contributed by atoms with Gasteiger partial charge in [-0.2, -0.15) is 5.10 Å². The summed E-state index contributed by atoms with van der Waals surface area (Å²) in [5.41, 5.74) is 4.47. The molecule has 0 N–H and O–H groups in total. The van der Waals surface area contributed by atoms with E-state index in [4.69, 9.17) is 0 Å². The van der Waals surface area contributed by atoms with Crippen LogP contribution in [0.5, 0.6) is 0 Å². The highest BCUT2D eigenvalue weighted by Crippen LogP contribution is 2.34. The fraction of sp³-hybridized carbons (Fsp3) is 0.0833. The molecule has 5 rings (SSSR count). The maximum atomic E-state index is 13.7. The molecule has 6 heteroatoms. The van der Waals surface area contributed by atoms with Crippen LogP contribution in [0.3, 0.4) is 0 Å². The van der Waals surface area contributed by atoms with Gasteiger partial charge < -0.3 is 0 Å². The van der Waals surface area contributed by atoms with Gasteiger partial charge in [0.25, 0.3) is 5.91 Å². The first-order chi connectivity index (χ1) is 14.7. The van der Waals surface area contributed by atoms with Gasteiger partial charge in [0, 0.05) is 24.4 Å². The molecule has 1 aliphatic heterocycles. The van der Waals surface area contributed by atoms with Crippen LogP contribution >= 0.6 is 0 Å². The summed E-state index contributed by atoms with van der Waals surface area (Å²) < 4.78 is 13.7. The van der Waals surface area contributed by atoms with E-state index in [1.165, 1.54) is 23.2 Å². The molecule has 3 aromatic carbocycles. The van der Waals surface area contributed by atoms with Gasteiger partial charge in [0.2, 0.25) is 0 Å². The second-order valence-corrected chi connectivity index (χ2v) is 7.10. The zero-order chi connectivity index (χ0) is 20.5. The molecule has 1 aliphatic rings. The Morgan fingerprint density at radius 1 is 0.900 bits per heavy atom. The third kappa shape index (κ3) is 3.33. The van der Waals surface area contributed by atoms with Gasteiger partial charge in [0.1, 0.15) is 5.82 Å². The highest BCUT2D eigenvalue weighted by molar-refractivity contribution is 6.05. The monoisotopic (exact) mass is 396 g/mol. The smallest absolute Gasteiger partial charge is 0.267 e. The minimum absolute atomic E-state index is 0.263. The number of hydrogen-bond acceptors (Lipinski definition) is 4. The summed E-state index contributed by atoms with van der Waals surface area (Å²) in [4.78, 5) is 21.9. The van der Waals surface area contributed by atoms with Crippen molar-refractivity contribution >= 4 is 22.7 Å². The van der Waals surface area contributed by atoms with Crippen LogP contribution in [0, 0.1) is 5.82 Å². The number of halogens is 1. The van der Waals surface area contributed by atoms with E-state index in [0.717, 1.165) is 27.9 Å². The van der Waals surface area contributed by atoms with Gasteiger partial charge in [0.15, 0.2) is 0 Å². The van der Waals surface area contributed by atoms with Crippen LogP contribution in [0.4, 0.5) is 4.39 Å². The maximum Gasteiger partial charge on any atom is 0.274 e. The van der Waals surface area contributed by atoms with Crippen molar-refractivity contribution in [3.63, 3.8) is 0 Å². The Balaban J connectivity index is 1.58. The minimum atomic E-state index is -0.454. The van der Waals surface area contributed by atoms with Crippen molar-refractivity contribution in [2.24, 2.45) is 5.10 Å². The van der Waals surface area contributed by atoms with Crippen LogP contribution in [-0.2, 0) is 0 Å². The molecule has 146 valence electrons. The van der Waals surface area contributed by atoms with Crippen molar-refractivity contribution in [2.75, 3.05) is 0 Å². The highest BCUT2D eigenvalue weighted by atomic mass is 19.1. The lowest BCUT2D eigenvalue weighted by Gasteiger charge is -2.22. The quantitative estimate of drug-likeness (QED) is 0.502. The van der Waals surface area contributed by atoms with Crippen molar-refractivity contribution < 1.29 is 9.18 Å². The Morgan fingerprint density at radius 2 is 1.70 bits per heavy atom. The summed E-state index contributed by atoms with van der Waals surface area (Å²) in [5, 5.41) is 6.10. The summed E-state index contributed by atoms with van der Waals surface area (Å²) >= 11 is 0. The number of hydrogen-bond donors (Lipinski definition) is 0. The van der Waals surface area contributed by atoms with Gasteiger partial charge in [-0.3, -0.25) is 14.8 Å². The summed E-state index contributed by atoms with van der Waals surface area (Å²) in [5.74, 6) is -0.797. The summed E-state index contributed by atoms with van der Waals surface area (Å²) in [7, 11) is 0. The molecule has 0 saturated carbocycles. The average Bonchev–Trinajstić information content (AvgIpc) is 3.24. The normalized spacial score (nSPS) is 16.0. The van der Waals surface area contributed by atoms with E-state index < -0.39 is 5.82 Å². The number of aromatic nitrogens is 2. The number of carbonyl (C=O) groups is 1. The first-order valence-electron chi connectivity index (χ1n) is 9.62. The topological polar surface area (TPSA) is 58.5 Å². The van der Waals surface area contributed by atoms with E-state index in [2.05, 4.69) is 15.1 Å². The van der Waals surface area contributed by atoms with Crippen molar-refractivity contribution in [3.8, 4) is 0 Å². The standard InChI is InChI=1S/C24H17FN4O/c25-19-8-4-7-18(13-19)24(30)29-23(15-21(28-29)16-5-2-1-3-6-16)17-9-10-20-22(14-17)27-12-11-26-20/h1-14,23H,15H2. The second-order valence-electron chi connectivity index (χ2n) is 7.10. The van der Waals surface area contributed by atoms with Crippen LogP contribution in [0.1, 0.15) is 33.9 Å². The van der Waals surface area contributed by atoms with Crippen LogP contribution in [0.25, 0.3) is 11.0 Å². The van der Waals surface area contributed by atoms with Gasteiger partial charge in [-0.25, -0.2) is 9.40 Å². The van der Waals surface area contributed by atoms with Crippen LogP contribution in [0.2, 0.25) is 0 Å². The van der Waals surface area contributed by atoms with Gasteiger partial charge in [-0.1, -0.05) is 42.5 Å². The second kappa shape index (κ2) is 7.48. The lowest BCUT2D eigenvalue weighted by molar-refractivity contribution is 0.0710. The van der Waals surface area contributed by atoms with Crippen LogP contribution in [0.15, 0.2) is 90.3 Å². The molecule has 2 heterocycles. The molecule has 4 aromatic rings. The minimum Gasteiger partial charge on any atom is -0.267 e. The van der Waals surface area contributed by atoms with E-state index >= 15 is 0 Å². The average molecular weight is 396 g/mol. The number of rotatable bonds is 3. The zero-order valence-corrected chi connectivity index (χ0v) is 15.9. The third-order valence-corrected chi connectivity index (χ3v) is 5.18. The van der Waals surface area contributed by atoms with E-state index in [1.807, 2.05) is 48.5 Å². The number of benzene rings is 3. The number of amides is 1. The first kappa shape index (κ1) is 18.1. The Hall–Kier alpha value is -3.93. The number of carbonyl (C=O) groups excluding carboxylic acids is 1. The van der Waals surface area contributed by atoms with Crippen molar-refractivity contribution in [2.45, 2.75) is 12.5 Å². The molecule has 1 atom stereocenters. The van der Waals surface area contributed by atoms with E-state index in [0.29, 0.717) is 6.42 Å². The molecule has 1 amide bonds. The van der Waals surface area contributed by atoms with Gasteiger partial charge in [-0.15, -0.1) is 0 Å². The number of hydrazone groups is 1. The molecule has 1 unspecified atom stereocenters. The van der Waals surface area contributed by atoms with Gasteiger partial charge in [0.05, 0.1) is 22.8 Å². The van der Waals surface area contributed by atoms with Gasteiger partial charge in [-0.05, 0) is 41.5 Å². The lowest BCUT2D eigenvalue weighted by atomic mass is 9.97. The van der Waals surface area contributed by atoms with E-state index in [1.54, 1.807) is 18.5 Å². The predicted octanol–water partition coefficient (Wildman–Crippen LogP) is 4.76. The third-order valence-electron chi connectivity index (χ3n) is 5.18. The summed E-state index contributed by atoms with van der Waals surface area (Å²) in [6, 6.07) is 20.9. The van der Waals surface area contributed by atoms with Crippen molar-refractivity contribution in [3.05, 3.63) is 108 Å². The predicted molar refractivity (Wildman–Crippen MR) is 112 cm³/mol. The molecule has 0 fully saturated rings. The molecule has 0 radical (unpaired) electrons. The molecule has 1 aromatic heterocycles. The van der Waals surface area contributed by atoms with Gasteiger partial charge >= 0.3 is 0 Å². The zero-order valence-electron chi connectivity index (χ0n) is 15.9. The fourth-order valence-electron chi connectivity index (χ4n) is 3.70. The Labute approximate surface area is 172 Å². The number of fused-ring (bicyclic) bond motifs is 1. The molecular weight excluding hydrogens is 379 g/mol. The number of nitrogens with zero attached hydrogens (tertiary/aromatic N) is 4. The molecule has 0 saturated heterocycles. The Kier molecular flexibility index (Phi) is 4.52. The highest BCUT2D eigenvalue weighted by Gasteiger charge is 2.34. The fourth-order valence-corrected chi connectivity index (χ4v) is 3.70. The first-order valence-corrected chi connectivity index (χ1v) is 9.62. The van der Waals surface area contributed by atoms with Crippen LogP contribution < -0.4 is 0 Å². The largest absolute Gasteiger partial charge is 0.274 e. The molecule has 30 heavy (non-hydrogen) atoms. The molecular formula is C24H17FN4O. The summed E-state index contributed by atoms with van der Waals surface area (Å²) in [6.07, 6.45) is 3.84. The lowest BCUT2D eigenvalue weighted by Crippen LogP contribution is -2.27. The molecule has 0 spiro atoms. The molecule has 0 aliphatic carbocycles. The maximum absolute atomic E-state index is 13.7. The Morgan fingerprint density at radius 3 is 2.50 bits per heavy atom. The SMILES string of the molecule is O=C(c1cccc(F)c1)N1N=C(c2ccccc2)CC1c1ccc2nccnc2c1. The summed E-state index contributed by atoms with van der Waals surface area (Å²) in [6.45, 7) is 0. The van der Waals surface area contributed by atoms with Crippen LogP contribution in [-0.4, -0.2) is 26.6 Å². The van der Waals surface area contributed by atoms with Crippen molar-refractivity contribution in [1.82, 2.24) is 15.0 Å².